The summed E-state index contributed by atoms with van der Waals surface area (Å²) in [5, 5.41) is 6.79. The quantitative estimate of drug-likeness (QED) is 0.338. The van der Waals surface area contributed by atoms with Crippen molar-refractivity contribution in [1.29, 1.82) is 0 Å². The van der Waals surface area contributed by atoms with Gasteiger partial charge in [0.2, 0.25) is 5.91 Å². The van der Waals surface area contributed by atoms with E-state index in [1.54, 1.807) is 67.6 Å². The van der Waals surface area contributed by atoms with Crippen LogP contribution in [0.3, 0.4) is 0 Å². The standard InChI is InChI=1S/C26H28N4O5S/c1-18-5-11-23(12-6-18)30(36(33,34)25-15-13-24(35-4)14-16-25)17-26(32)29-28-19(2)21-7-9-22(10-8-21)27-20(3)31/h5-16H,17H2,1-4H3,(H,27,31)(H,29,32)/b28-19-. The number of hydrogen-bond acceptors (Lipinski definition) is 6. The van der Waals surface area contributed by atoms with Gasteiger partial charge in [-0.1, -0.05) is 29.8 Å². The number of amides is 2. The Labute approximate surface area is 210 Å². The van der Waals surface area contributed by atoms with Crippen molar-refractivity contribution < 1.29 is 22.7 Å². The number of ether oxygens (including phenoxy) is 1. The second kappa shape index (κ2) is 11.5. The summed E-state index contributed by atoms with van der Waals surface area (Å²) in [6.07, 6.45) is 0. The lowest BCUT2D eigenvalue weighted by Crippen LogP contribution is -2.39. The third kappa shape index (κ3) is 6.70. The highest BCUT2D eigenvalue weighted by Crippen LogP contribution is 2.25. The van der Waals surface area contributed by atoms with E-state index < -0.39 is 22.5 Å². The highest BCUT2D eigenvalue weighted by atomic mass is 32.2. The molecule has 0 aliphatic rings. The molecular formula is C26H28N4O5S. The number of hydrogen-bond donors (Lipinski definition) is 2. The van der Waals surface area contributed by atoms with Crippen LogP contribution < -0.4 is 19.8 Å². The highest BCUT2D eigenvalue weighted by Gasteiger charge is 2.27. The molecule has 188 valence electrons. The van der Waals surface area contributed by atoms with Crippen molar-refractivity contribution >= 4 is 38.9 Å². The molecular weight excluding hydrogens is 480 g/mol. The van der Waals surface area contributed by atoms with Gasteiger partial charge >= 0.3 is 0 Å². The number of nitrogens with one attached hydrogen (secondary N) is 2. The number of benzene rings is 3. The zero-order valence-electron chi connectivity index (χ0n) is 20.5. The number of hydrazone groups is 1. The molecule has 2 N–H and O–H groups in total. The molecule has 0 heterocycles. The van der Waals surface area contributed by atoms with Gasteiger partial charge in [0.1, 0.15) is 12.3 Å². The molecule has 0 atom stereocenters. The predicted octanol–water partition coefficient (Wildman–Crippen LogP) is 3.70. The van der Waals surface area contributed by atoms with Crippen molar-refractivity contribution in [3.05, 3.63) is 83.9 Å². The maximum Gasteiger partial charge on any atom is 0.264 e. The number of methoxy groups -OCH3 is 1. The molecule has 0 saturated carbocycles. The van der Waals surface area contributed by atoms with Crippen molar-refractivity contribution in [2.45, 2.75) is 25.7 Å². The van der Waals surface area contributed by atoms with E-state index in [0.29, 0.717) is 22.8 Å². The fourth-order valence-electron chi connectivity index (χ4n) is 3.28. The van der Waals surface area contributed by atoms with E-state index in [0.717, 1.165) is 15.4 Å². The van der Waals surface area contributed by atoms with Crippen molar-refractivity contribution in [3.63, 3.8) is 0 Å². The third-order valence-electron chi connectivity index (χ3n) is 5.23. The molecule has 3 aromatic carbocycles. The molecule has 0 saturated heterocycles. The summed E-state index contributed by atoms with van der Waals surface area (Å²) >= 11 is 0. The van der Waals surface area contributed by atoms with Gasteiger partial charge in [-0.05, 0) is 67.9 Å². The largest absolute Gasteiger partial charge is 0.497 e. The molecule has 3 rings (SSSR count). The summed E-state index contributed by atoms with van der Waals surface area (Å²) in [7, 11) is -2.57. The molecule has 2 amide bonds. The molecule has 0 aromatic heterocycles. The third-order valence-corrected chi connectivity index (χ3v) is 7.02. The number of nitrogens with zero attached hydrogens (tertiary/aromatic N) is 2. The predicted molar refractivity (Wildman–Crippen MR) is 140 cm³/mol. The van der Waals surface area contributed by atoms with E-state index in [1.165, 1.54) is 26.2 Å². The summed E-state index contributed by atoms with van der Waals surface area (Å²) in [4.78, 5) is 24.0. The van der Waals surface area contributed by atoms with Crippen LogP contribution in [0.1, 0.15) is 25.0 Å². The van der Waals surface area contributed by atoms with Crippen LogP contribution in [0.2, 0.25) is 0 Å². The topological polar surface area (TPSA) is 117 Å². The normalized spacial score (nSPS) is 11.5. The smallest absolute Gasteiger partial charge is 0.264 e. The number of aryl methyl sites for hydroxylation is 1. The molecule has 0 aliphatic carbocycles. The van der Waals surface area contributed by atoms with Crippen LogP contribution in [0.25, 0.3) is 0 Å². The first-order chi connectivity index (χ1) is 17.1. The Bertz CT molecular complexity index is 1350. The van der Waals surface area contributed by atoms with E-state index >= 15 is 0 Å². The highest BCUT2D eigenvalue weighted by molar-refractivity contribution is 7.92. The second-order valence-electron chi connectivity index (χ2n) is 8.01. The summed E-state index contributed by atoms with van der Waals surface area (Å²) < 4.78 is 33.1. The first-order valence-corrected chi connectivity index (χ1v) is 12.5. The Balaban J connectivity index is 1.81. The summed E-state index contributed by atoms with van der Waals surface area (Å²) in [6, 6.07) is 19.7. The maximum absolute atomic E-state index is 13.5. The van der Waals surface area contributed by atoms with E-state index in [1.807, 2.05) is 6.92 Å². The maximum atomic E-state index is 13.5. The Hall–Kier alpha value is -4.18. The SMILES string of the molecule is COc1ccc(S(=O)(=O)N(CC(=O)N/N=C(/C)c2ccc(NC(C)=O)cc2)c2ccc(C)cc2)cc1. The fraction of sp³-hybridized carbons (Fsp3) is 0.192. The molecule has 0 bridgehead atoms. The van der Waals surface area contributed by atoms with Gasteiger partial charge in [0.15, 0.2) is 0 Å². The number of sulfonamides is 1. The van der Waals surface area contributed by atoms with Gasteiger partial charge < -0.3 is 10.1 Å². The molecule has 0 fully saturated rings. The Morgan fingerprint density at radius 1 is 0.917 bits per heavy atom. The zero-order valence-corrected chi connectivity index (χ0v) is 21.3. The van der Waals surface area contributed by atoms with Crippen molar-refractivity contribution in [2.75, 3.05) is 23.3 Å². The first kappa shape index (κ1) is 26.4. The number of carbonyl (C=O) groups excluding carboxylic acids is 2. The average Bonchev–Trinajstić information content (AvgIpc) is 2.86. The molecule has 36 heavy (non-hydrogen) atoms. The lowest BCUT2D eigenvalue weighted by atomic mass is 10.1. The second-order valence-corrected chi connectivity index (χ2v) is 9.88. The molecule has 0 aliphatic heterocycles. The van der Waals surface area contributed by atoms with Gasteiger partial charge in [-0.15, -0.1) is 0 Å². The van der Waals surface area contributed by atoms with Gasteiger partial charge in [-0.25, -0.2) is 13.8 Å². The monoisotopic (exact) mass is 508 g/mol. The summed E-state index contributed by atoms with van der Waals surface area (Å²) in [6.45, 7) is 4.54. The van der Waals surface area contributed by atoms with E-state index in [9.17, 15) is 18.0 Å². The molecule has 0 spiro atoms. The van der Waals surface area contributed by atoms with Crippen molar-refractivity contribution in [1.82, 2.24) is 5.43 Å². The number of anilines is 2. The lowest BCUT2D eigenvalue weighted by Gasteiger charge is -2.24. The van der Waals surface area contributed by atoms with Crippen LogP contribution in [-0.2, 0) is 19.6 Å². The van der Waals surface area contributed by atoms with E-state index in [-0.39, 0.29) is 10.8 Å². The van der Waals surface area contributed by atoms with Crippen LogP contribution >= 0.6 is 0 Å². The Morgan fingerprint density at radius 2 is 1.53 bits per heavy atom. The molecule has 10 heteroatoms. The molecule has 0 unspecified atom stereocenters. The summed E-state index contributed by atoms with van der Waals surface area (Å²) in [5.41, 5.74) is 5.61. The number of carbonyl (C=O) groups is 2. The lowest BCUT2D eigenvalue weighted by molar-refractivity contribution is -0.119. The minimum atomic E-state index is -4.06. The Kier molecular flexibility index (Phi) is 8.44. The Morgan fingerprint density at radius 3 is 2.08 bits per heavy atom. The number of rotatable bonds is 9. The van der Waals surface area contributed by atoms with Crippen LogP contribution in [0.4, 0.5) is 11.4 Å². The van der Waals surface area contributed by atoms with Crippen molar-refractivity contribution in [3.8, 4) is 5.75 Å². The van der Waals surface area contributed by atoms with Gasteiger partial charge in [-0.2, -0.15) is 5.10 Å². The minimum Gasteiger partial charge on any atom is -0.497 e. The van der Waals surface area contributed by atoms with Crippen LogP contribution in [-0.4, -0.2) is 39.6 Å². The van der Waals surface area contributed by atoms with Gasteiger partial charge in [0, 0.05) is 12.6 Å². The van der Waals surface area contributed by atoms with Crippen molar-refractivity contribution in [2.24, 2.45) is 5.10 Å². The molecule has 9 nitrogen and oxygen atoms in total. The van der Waals surface area contributed by atoms with Crippen LogP contribution in [0.15, 0.2) is 82.8 Å². The average molecular weight is 509 g/mol. The van der Waals surface area contributed by atoms with Gasteiger partial charge in [0.05, 0.1) is 23.4 Å². The van der Waals surface area contributed by atoms with E-state index in [4.69, 9.17) is 4.74 Å². The molecule has 3 aromatic rings. The summed E-state index contributed by atoms with van der Waals surface area (Å²) in [5.74, 6) is -0.270. The van der Waals surface area contributed by atoms with Gasteiger partial charge in [-0.3, -0.25) is 13.9 Å². The first-order valence-electron chi connectivity index (χ1n) is 11.0. The van der Waals surface area contributed by atoms with Crippen LogP contribution in [0, 0.1) is 6.92 Å². The van der Waals surface area contributed by atoms with Crippen LogP contribution in [0.5, 0.6) is 5.75 Å². The van der Waals surface area contributed by atoms with Gasteiger partial charge in [0.25, 0.3) is 15.9 Å². The molecule has 0 radical (unpaired) electrons. The minimum absolute atomic E-state index is 0.0237. The zero-order chi connectivity index (χ0) is 26.3. The van der Waals surface area contributed by atoms with E-state index in [2.05, 4.69) is 15.8 Å². The fourth-order valence-corrected chi connectivity index (χ4v) is 4.70.